The van der Waals surface area contributed by atoms with Crippen LogP contribution in [0.5, 0.6) is 5.75 Å². The summed E-state index contributed by atoms with van der Waals surface area (Å²) in [6, 6.07) is 9.39. The molecule has 202 valence electrons. The smallest absolute Gasteiger partial charge is 0.335 e. The molecule has 2 aromatic heterocycles. The van der Waals surface area contributed by atoms with Crippen LogP contribution >= 0.6 is 0 Å². The number of ether oxygens (including phenoxy) is 1. The first-order valence-electron chi connectivity index (χ1n) is 12.4. The molecule has 4 aromatic rings. The SMILES string of the molecule is Cc1c(C(=O)O)ccc2c1CC[C@@H]2NC(=O)c1cc(C(=O)NCc2ccc3c(c2)NC(=O)CO3)n2nnnc2n1. The van der Waals surface area contributed by atoms with Gasteiger partial charge >= 0.3 is 5.97 Å². The molecule has 0 fully saturated rings. The largest absolute Gasteiger partial charge is 0.482 e. The third-order valence-electron chi connectivity index (χ3n) is 7.00. The number of carbonyl (C=O) groups is 4. The van der Waals surface area contributed by atoms with Gasteiger partial charge in [-0.15, -0.1) is 0 Å². The number of tetrazole rings is 1. The summed E-state index contributed by atoms with van der Waals surface area (Å²) in [5.41, 5.74) is 3.85. The van der Waals surface area contributed by atoms with Crippen molar-refractivity contribution in [1.82, 2.24) is 35.7 Å². The van der Waals surface area contributed by atoms with Gasteiger partial charge in [-0.3, -0.25) is 14.4 Å². The number of benzene rings is 2. The van der Waals surface area contributed by atoms with Crippen molar-refractivity contribution >= 4 is 35.2 Å². The van der Waals surface area contributed by atoms with Crippen LogP contribution in [0.25, 0.3) is 5.78 Å². The van der Waals surface area contributed by atoms with Crippen molar-refractivity contribution in [3.05, 3.63) is 75.6 Å². The van der Waals surface area contributed by atoms with Crippen LogP contribution < -0.4 is 20.7 Å². The number of carbonyl (C=O) groups excluding carboxylic acids is 3. The number of anilines is 1. The van der Waals surface area contributed by atoms with Crippen molar-refractivity contribution in [1.29, 1.82) is 0 Å². The number of carboxylic acid groups (broad SMARTS) is 1. The van der Waals surface area contributed by atoms with Gasteiger partial charge in [0, 0.05) is 12.6 Å². The molecule has 0 unspecified atom stereocenters. The number of hydrogen-bond donors (Lipinski definition) is 4. The van der Waals surface area contributed by atoms with Crippen molar-refractivity contribution in [2.24, 2.45) is 0 Å². The van der Waals surface area contributed by atoms with Crippen molar-refractivity contribution in [3.8, 4) is 5.75 Å². The highest BCUT2D eigenvalue weighted by Crippen LogP contribution is 2.35. The van der Waals surface area contributed by atoms with E-state index in [0.29, 0.717) is 35.4 Å². The van der Waals surface area contributed by atoms with Gasteiger partial charge in [0.1, 0.15) is 17.1 Å². The number of amides is 3. The molecular weight excluding hydrogens is 520 g/mol. The number of nitrogens with one attached hydrogen (secondary N) is 3. The zero-order valence-corrected chi connectivity index (χ0v) is 21.1. The van der Waals surface area contributed by atoms with Gasteiger partial charge in [-0.2, -0.15) is 4.52 Å². The number of fused-ring (bicyclic) bond motifs is 3. The molecular formula is C26H22N8O6. The van der Waals surface area contributed by atoms with Crippen LogP contribution in [0.15, 0.2) is 36.4 Å². The molecule has 0 radical (unpaired) electrons. The van der Waals surface area contributed by atoms with Crippen LogP contribution in [0, 0.1) is 6.92 Å². The first kappa shape index (κ1) is 24.9. The first-order chi connectivity index (χ1) is 19.3. The van der Waals surface area contributed by atoms with Crippen molar-refractivity contribution in [3.63, 3.8) is 0 Å². The number of carboxylic acids is 1. The Kier molecular flexibility index (Phi) is 6.06. The molecule has 6 rings (SSSR count). The zero-order valence-electron chi connectivity index (χ0n) is 21.1. The molecule has 3 amide bonds. The minimum atomic E-state index is -0.995. The second-order valence-corrected chi connectivity index (χ2v) is 9.44. The number of hydrogen-bond acceptors (Lipinski definition) is 9. The summed E-state index contributed by atoms with van der Waals surface area (Å²) in [4.78, 5) is 53.7. The first-order valence-corrected chi connectivity index (χ1v) is 12.4. The molecule has 0 bridgehead atoms. The van der Waals surface area contributed by atoms with Crippen LogP contribution in [0.4, 0.5) is 5.69 Å². The molecule has 0 spiro atoms. The van der Waals surface area contributed by atoms with Gasteiger partial charge in [-0.05, 0) is 70.6 Å². The molecule has 1 aliphatic carbocycles. The third-order valence-corrected chi connectivity index (χ3v) is 7.00. The monoisotopic (exact) mass is 542 g/mol. The van der Waals surface area contributed by atoms with E-state index in [9.17, 15) is 24.3 Å². The second-order valence-electron chi connectivity index (χ2n) is 9.44. The average Bonchev–Trinajstić information content (AvgIpc) is 3.58. The standard InChI is InChI=1S/C26H22N8O6/c1-12-14-5-6-17(16(14)4-3-15(12)25(38)39)29-23(36)19-9-20(34-26(30-19)31-32-33-34)24(37)27-10-13-2-7-21-18(8-13)28-22(35)11-40-21/h2-4,7-9,17H,5-6,10-11H2,1H3,(H,27,37)(H,28,35)(H,29,36)(H,38,39)/t17-/m0/s1. The van der Waals surface area contributed by atoms with Gasteiger partial charge in [0.05, 0.1) is 17.3 Å². The second kappa shape index (κ2) is 9.72. The normalized spacial score (nSPS) is 15.5. The Morgan fingerprint density at radius 1 is 1.18 bits per heavy atom. The molecule has 2 aliphatic rings. The summed E-state index contributed by atoms with van der Waals surface area (Å²) in [6.45, 7) is 1.83. The number of nitrogens with zero attached hydrogens (tertiary/aromatic N) is 5. The molecule has 14 nitrogen and oxygen atoms in total. The highest BCUT2D eigenvalue weighted by Gasteiger charge is 2.29. The topological polar surface area (TPSA) is 190 Å². The highest BCUT2D eigenvalue weighted by atomic mass is 16.5. The average molecular weight is 543 g/mol. The molecule has 0 saturated carbocycles. The van der Waals surface area contributed by atoms with E-state index in [1.165, 1.54) is 6.07 Å². The summed E-state index contributed by atoms with van der Waals surface area (Å²) >= 11 is 0. The minimum absolute atomic E-state index is 0.00325. The van der Waals surface area contributed by atoms with E-state index >= 15 is 0 Å². The quantitative estimate of drug-likeness (QED) is 0.275. The number of aromatic nitrogens is 5. The van der Waals surface area contributed by atoms with E-state index in [1.54, 1.807) is 37.3 Å². The molecule has 1 atom stereocenters. The van der Waals surface area contributed by atoms with Crippen LogP contribution in [-0.4, -0.2) is 60.4 Å². The van der Waals surface area contributed by atoms with Crippen LogP contribution in [-0.2, 0) is 17.8 Å². The maximum Gasteiger partial charge on any atom is 0.335 e. The molecule has 2 aromatic carbocycles. The maximum absolute atomic E-state index is 13.2. The molecule has 0 saturated heterocycles. The van der Waals surface area contributed by atoms with Gasteiger partial charge in [-0.1, -0.05) is 17.2 Å². The lowest BCUT2D eigenvalue weighted by atomic mass is 9.98. The van der Waals surface area contributed by atoms with Crippen LogP contribution in [0.1, 0.15) is 66.1 Å². The molecule has 4 N–H and O–H groups in total. The maximum atomic E-state index is 13.2. The summed E-state index contributed by atoms with van der Waals surface area (Å²) < 4.78 is 6.49. The van der Waals surface area contributed by atoms with Crippen molar-refractivity contribution in [2.75, 3.05) is 11.9 Å². The number of aromatic carboxylic acids is 1. The Bertz CT molecular complexity index is 1730. The zero-order chi connectivity index (χ0) is 28.0. The summed E-state index contributed by atoms with van der Waals surface area (Å²) in [5, 5.41) is 29.0. The van der Waals surface area contributed by atoms with E-state index in [-0.39, 0.29) is 47.8 Å². The molecule has 1 aliphatic heterocycles. The predicted molar refractivity (Wildman–Crippen MR) is 137 cm³/mol. The van der Waals surface area contributed by atoms with Gasteiger partial charge in [-0.25, -0.2) is 9.78 Å². The lowest BCUT2D eigenvalue weighted by molar-refractivity contribution is -0.118. The van der Waals surface area contributed by atoms with E-state index in [4.69, 9.17) is 4.74 Å². The van der Waals surface area contributed by atoms with Gasteiger partial charge in [0.25, 0.3) is 23.5 Å². The third kappa shape index (κ3) is 4.44. The summed E-state index contributed by atoms with van der Waals surface area (Å²) in [6.07, 6.45) is 1.22. The van der Waals surface area contributed by atoms with Gasteiger partial charge in [0.2, 0.25) is 0 Å². The Balaban J connectivity index is 1.21. The summed E-state index contributed by atoms with van der Waals surface area (Å²) in [5.74, 6) is -1.82. The van der Waals surface area contributed by atoms with E-state index < -0.39 is 17.8 Å². The minimum Gasteiger partial charge on any atom is -0.482 e. The van der Waals surface area contributed by atoms with Crippen LogP contribution in [0.2, 0.25) is 0 Å². The Morgan fingerprint density at radius 2 is 2.02 bits per heavy atom. The highest BCUT2D eigenvalue weighted by molar-refractivity contribution is 5.98. The predicted octanol–water partition coefficient (Wildman–Crippen LogP) is 1.20. The lowest BCUT2D eigenvalue weighted by Crippen LogP contribution is -2.30. The van der Waals surface area contributed by atoms with E-state index in [2.05, 4.69) is 36.5 Å². The molecule has 3 heterocycles. The Morgan fingerprint density at radius 3 is 2.85 bits per heavy atom. The van der Waals surface area contributed by atoms with Gasteiger partial charge in [0.15, 0.2) is 6.61 Å². The van der Waals surface area contributed by atoms with Gasteiger partial charge < -0.3 is 25.8 Å². The molecule has 40 heavy (non-hydrogen) atoms. The van der Waals surface area contributed by atoms with Crippen molar-refractivity contribution in [2.45, 2.75) is 32.4 Å². The Labute approximate surface area is 225 Å². The fourth-order valence-electron chi connectivity index (χ4n) is 5.02. The fourth-order valence-corrected chi connectivity index (χ4v) is 5.02. The fraction of sp³-hybridized carbons (Fsp3) is 0.231. The molecule has 14 heteroatoms. The lowest BCUT2D eigenvalue weighted by Gasteiger charge is -2.18. The summed E-state index contributed by atoms with van der Waals surface area (Å²) in [7, 11) is 0. The van der Waals surface area contributed by atoms with E-state index in [0.717, 1.165) is 15.6 Å². The van der Waals surface area contributed by atoms with Crippen LogP contribution in [0.3, 0.4) is 0 Å². The van der Waals surface area contributed by atoms with Crippen molar-refractivity contribution < 1.29 is 29.0 Å². The van der Waals surface area contributed by atoms with E-state index in [1.807, 2.05) is 0 Å². The number of rotatable bonds is 6. The Hall–Kier alpha value is -5.40.